The molecule has 0 amide bonds. The van der Waals surface area contributed by atoms with Crippen LogP contribution in [0, 0.1) is 5.92 Å². The predicted octanol–water partition coefficient (Wildman–Crippen LogP) is 1.96. The Morgan fingerprint density at radius 3 is 2.75 bits per heavy atom. The first kappa shape index (κ1) is 12.3. The second kappa shape index (κ2) is 5.03. The van der Waals surface area contributed by atoms with Gasteiger partial charge in [0.05, 0.1) is 18.3 Å². The molecule has 1 N–H and O–H groups in total. The molecule has 0 radical (unpaired) electrons. The molecule has 3 nitrogen and oxygen atoms in total. The molecule has 2 heterocycles. The molecule has 2 saturated heterocycles. The quantitative estimate of drug-likeness (QED) is 0.796. The van der Waals surface area contributed by atoms with Crippen molar-refractivity contribution in [3.8, 4) is 0 Å². The minimum Gasteiger partial charge on any atom is -0.381 e. The second-order valence-electron chi connectivity index (χ2n) is 5.86. The van der Waals surface area contributed by atoms with Gasteiger partial charge in [-0.15, -0.1) is 0 Å². The fraction of sp³-hybridized carbons (Fsp3) is 1.00. The summed E-state index contributed by atoms with van der Waals surface area (Å²) in [4.78, 5) is 0. The molecule has 0 aromatic heterocycles. The smallest absolute Gasteiger partial charge is 0.0707 e. The zero-order valence-electron chi connectivity index (χ0n) is 10.8. The average Bonchev–Trinajstić information content (AvgIpc) is 2.83. The largest absolute Gasteiger partial charge is 0.381 e. The van der Waals surface area contributed by atoms with Gasteiger partial charge in [0, 0.05) is 19.2 Å². The van der Waals surface area contributed by atoms with Gasteiger partial charge in [-0.3, -0.25) is 0 Å². The zero-order valence-corrected chi connectivity index (χ0v) is 10.8. The molecule has 2 rings (SSSR count). The lowest BCUT2D eigenvalue weighted by molar-refractivity contribution is -0.0156. The van der Waals surface area contributed by atoms with Crippen LogP contribution in [-0.2, 0) is 9.47 Å². The number of rotatable bonds is 4. The summed E-state index contributed by atoms with van der Waals surface area (Å²) in [6.45, 7) is 9.47. The molecular formula is C13H25NO2. The molecular weight excluding hydrogens is 202 g/mol. The van der Waals surface area contributed by atoms with Crippen LogP contribution in [0.4, 0.5) is 0 Å². The molecule has 3 atom stereocenters. The monoisotopic (exact) mass is 227 g/mol. The van der Waals surface area contributed by atoms with Crippen LogP contribution in [0.5, 0.6) is 0 Å². The Morgan fingerprint density at radius 2 is 2.19 bits per heavy atom. The molecule has 3 heteroatoms. The summed E-state index contributed by atoms with van der Waals surface area (Å²) in [6.07, 6.45) is 3.97. The van der Waals surface area contributed by atoms with Crippen molar-refractivity contribution in [3.05, 3.63) is 0 Å². The fourth-order valence-corrected chi connectivity index (χ4v) is 2.65. The van der Waals surface area contributed by atoms with Crippen LogP contribution < -0.4 is 5.32 Å². The lowest BCUT2D eigenvalue weighted by Gasteiger charge is -2.23. The normalized spacial score (nSPS) is 35.4. The molecule has 94 valence electrons. The van der Waals surface area contributed by atoms with E-state index in [1.807, 2.05) is 0 Å². The van der Waals surface area contributed by atoms with Crippen LogP contribution in [0.1, 0.15) is 40.0 Å². The summed E-state index contributed by atoms with van der Waals surface area (Å²) in [5.74, 6) is 0.689. The second-order valence-corrected chi connectivity index (χ2v) is 5.86. The van der Waals surface area contributed by atoms with Gasteiger partial charge < -0.3 is 14.8 Å². The van der Waals surface area contributed by atoms with Gasteiger partial charge in [0.2, 0.25) is 0 Å². The van der Waals surface area contributed by atoms with Crippen LogP contribution in [0.3, 0.4) is 0 Å². The maximum Gasteiger partial charge on any atom is 0.0707 e. The topological polar surface area (TPSA) is 30.5 Å². The molecule has 0 bridgehead atoms. The third-order valence-corrected chi connectivity index (χ3v) is 3.89. The predicted molar refractivity (Wildman–Crippen MR) is 64.6 cm³/mol. The van der Waals surface area contributed by atoms with Gasteiger partial charge in [-0.2, -0.15) is 0 Å². The highest BCUT2D eigenvalue weighted by Gasteiger charge is 2.32. The van der Waals surface area contributed by atoms with Gasteiger partial charge in [-0.1, -0.05) is 0 Å². The zero-order chi connectivity index (χ0) is 11.6. The van der Waals surface area contributed by atoms with E-state index in [1.165, 1.54) is 19.3 Å². The highest BCUT2D eigenvalue weighted by molar-refractivity contribution is 4.84. The van der Waals surface area contributed by atoms with Gasteiger partial charge in [0.1, 0.15) is 0 Å². The van der Waals surface area contributed by atoms with Crippen LogP contribution in [0.25, 0.3) is 0 Å². The standard InChI is InChI=1S/C13H25NO2/c1-10(11-5-7-15-9-11)14-8-12-4-6-13(2,3)16-12/h10-12,14H,4-9H2,1-3H3. The minimum atomic E-state index is 0.0893. The molecule has 0 saturated carbocycles. The van der Waals surface area contributed by atoms with Gasteiger partial charge in [0.15, 0.2) is 0 Å². The van der Waals surface area contributed by atoms with Crippen molar-refractivity contribution in [2.75, 3.05) is 19.8 Å². The first-order valence-electron chi connectivity index (χ1n) is 6.56. The Kier molecular flexibility index (Phi) is 3.88. The van der Waals surface area contributed by atoms with Crippen molar-refractivity contribution in [2.45, 2.75) is 57.8 Å². The Labute approximate surface area is 98.9 Å². The lowest BCUT2D eigenvalue weighted by Crippen LogP contribution is -2.39. The number of ether oxygens (including phenoxy) is 2. The van der Waals surface area contributed by atoms with Crippen LogP contribution in [0.15, 0.2) is 0 Å². The fourth-order valence-electron chi connectivity index (χ4n) is 2.65. The first-order valence-corrected chi connectivity index (χ1v) is 6.56. The molecule has 16 heavy (non-hydrogen) atoms. The van der Waals surface area contributed by atoms with Crippen LogP contribution >= 0.6 is 0 Å². The van der Waals surface area contributed by atoms with Crippen molar-refractivity contribution in [1.29, 1.82) is 0 Å². The number of nitrogens with one attached hydrogen (secondary N) is 1. The molecule has 0 spiro atoms. The van der Waals surface area contributed by atoms with E-state index >= 15 is 0 Å². The van der Waals surface area contributed by atoms with E-state index in [2.05, 4.69) is 26.1 Å². The minimum absolute atomic E-state index is 0.0893. The third-order valence-electron chi connectivity index (χ3n) is 3.89. The Bertz CT molecular complexity index is 222. The number of hydrogen-bond acceptors (Lipinski definition) is 3. The lowest BCUT2D eigenvalue weighted by atomic mass is 10.0. The van der Waals surface area contributed by atoms with Gasteiger partial charge >= 0.3 is 0 Å². The highest BCUT2D eigenvalue weighted by atomic mass is 16.5. The van der Waals surface area contributed by atoms with E-state index in [4.69, 9.17) is 9.47 Å². The molecule has 0 aliphatic carbocycles. The molecule has 2 aliphatic heterocycles. The molecule has 2 aliphatic rings. The Morgan fingerprint density at radius 1 is 1.38 bits per heavy atom. The summed E-state index contributed by atoms with van der Waals surface area (Å²) < 4.78 is 11.4. The summed E-state index contributed by atoms with van der Waals surface area (Å²) in [5, 5.41) is 3.60. The maximum absolute atomic E-state index is 5.97. The molecule has 0 aromatic rings. The van der Waals surface area contributed by atoms with Crippen molar-refractivity contribution in [1.82, 2.24) is 5.32 Å². The third kappa shape index (κ3) is 3.19. The Hall–Kier alpha value is -0.120. The molecule has 3 unspecified atom stereocenters. The summed E-state index contributed by atoms with van der Waals surface area (Å²) in [5.41, 5.74) is 0.0893. The summed E-state index contributed by atoms with van der Waals surface area (Å²) >= 11 is 0. The Balaban J connectivity index is 1.67. The summed E-state index contributed by atoms with van der Waals surface area (Å²) in [7, 11) is 0. The van der Waals surface area contributed by atoms with E-state index in [0.717, 1.165) is 19.8 Å². The van der Waals surface area contributed by atoms with Gasteiger partial charge in [-0.25, -0.2) is 0 Å². The van der Waals surface area contributed by atoms with Crippen molar-refractivity contribution >= 4 is 0 Å². The summed E-state index contributed by atoms with van der Waals surface area (Å²) in [6, 6.07) is 0.551. The van der Waals surface area contributed by atoms with E-state index < -0.39 is 0 Å². The maximum atomic E-state index is 5.97. The van der Waals surface area contributed by atoms with Crippen molar-refractivity contribution in [3.63, 3.8) is 0 Å². The highest BCUT2D eigenvalue weighted by Crippen LogP contribution is 2.29. The first-order chi connectivity index (χ1) is 7.57. The average molecular weight is 227 g/mol. The van der Waals surface area contributed by atoms with Gasteiger partial charge in [-0.05, 0) is 46.0 Å². The van der Waals surface area contributed by atoms with E-state index in [9.17, 15) is 0 Å². The molecule has 2 fully saturated rings. The van der Waals surface area contributed by atoms with Crippen LogP contribution in [-0.4, -0.2) is 37.5 Å². The van der Waals surface area contributed by atoms with Crippen molar-refractivity contribution in [2.24, 2.45) is 5.92 Å². The van der Waals surface area contributed by atoms with E-state index in [1.54, 1.807) is 0 Å². The van der Waals surface area contributed by atoms with E-state index in [0.29, 0.717) is 18.1 Å². The van der Waals surface area contributed by atoms with Gasteiger partial charge in [0.25, 0.3) is 0 Å². The molecule has 0 aromatic carbocycles. The number of hydrogen-bond donors (Lipinski definition) is 1. The van der Waals surface area contributed by atoms with Crippen LogP contribution in [0.2, 0.25) is 0 Å². The van der Waals surface area contributed by atoms with Crippen molar-refractivity contribution < 1.29 is 9.47 Å². The van der Waals surface area contributed by atoms with E-state index in [-0.39, 0.29) is 5.60 Å². The SMILES string of the molecule is CC(NCC1CCC(C)(C)O1)C1CCOC1.